The molecule has 5 heteroatoms. The zero-order valence-corrected chi connectivity index (χ0v) is 12.8. The molecule has 0 bridgehead atoms. The van der Waals surface area contributed by atoms with Crippen molar-refractivity contribution in [2.45, 2.75) is 39.0 Å². The number of ether oxygens (including phenoxy) is 1. The Balaban J connectivity index is 1.90. The molecule has 0 aromatic heterocycles. The van der Waals surface area contributed by atoms with Gasteiger partial charge in [-0.25, -0.2) is 0 Å². The molecular weight excluding hydrogens is 268 g/mol. The Labute approximate surface area is 125 Å². The molecule has 1 aromatic carbocycles. The molecule has 1 saturated carbocycles. The van der Waals surface area contributed by atoms with Crippen molar-refractivity contribution in [3.05, 3.63) is 28.3 Å². The minimum atomic E-state index is -0.422. The van der Waals surface area contributed by atoms with E-state index in [4.69, 9.17) is 4.74 Å². The third-order valence-electron chi connectivity index (χ3n) is 4.51. The van der Waals surface area contributed by atoms with Gasteiger partial charge in [-0.3, -0.25) is 10.1 Å². The van der Waals surface area contributed by atoms with Gasteiger partial charge < -0.3 is 10.1 Å². The molecule has 0 aliphatic heterocycles. The fraction of sp³-hybridized carbons (Fsp3) is 0.625. The highest BCUT2D eigenvalue weighted by Gasteiger charge is 2.20. The summed E-state index contributed by atoms with van der Waals surface area (Å²) >= 11 is 0. The number of hydrogen-bond acceptors (Lipinski definition) is 4. The first kappa shape index (κ1) is 15.6. The number of rotatable bonds is 6. The molecule has 1 aromatic rings. The number of anilines is 1. The molecule has 21 heavy (non-hydrogen) atoms. The fourth-order valence-electron chi connectivity index (χ4n) is 3.04. The van der Waals surface area contributed by atoms with Crippen molar-refractivity contribution in [3.8, 4) is 5.75 Å². The van der Waals surface area contributed by atoms with E-state index in [2.05, 4.69) is 12.2 Å². The van der Waals surface area contributed by atoms with E-state index >= 15 is 0 Å². The van der Waals surface area contributed by atoms with E-state index in [0.717, 1.165) is 18.2 Å². The predicted molar refractivity (Wildman–Crippen MR) is 83.9 cm³/mol. The lowest BCUT2D eigenvalue weighted by molar-refractivity contribution is -0.385. The number of benzene rings is 1. The number of hydrogen-bond donors (Lipinski definition) is 1. The summed E-state index contributed by atoms with van der Waals surface area (Å²) in [6.07, 6.45) is 6.49. The Morgan fingerprint density at radius 1 is 1.29 bits per heavy atom. The normalized spacial score (nSPS) is 21.8. The van der Waals surface area contributed by atoms with Gasteiger partial charge in [-0.2, -0.15) is 0 Å². The minimum absolute atomic E-state index is 0.00602. The van der Waals surface area contributed by atoms with Crippen LogP contribution in [0.5, 0.6) is 5.75 Å². The lowest BCUT2D eigenvalue weighted by Crippen LogP contribution is -2.21. The molecule has 0 unspecified atom stereocenters. The summed E-state index contributed by atoms with van der Waals surface area (Å²) in [7, 11) is 1.46. The summed E-state index contributed by atoms with van der Waals surface area (Å²) in [6.45, 7) is 3.20. The molecule has 1 fully saturated rings. The summed E-state index contributed by atoms with van der Waals surface area (Å²) in [5.41, 5.74) is 0.890. The van der Waals surface area contributed by atoms with Gasteiger partial charge in [-0.15, -0.1) is 0 Å². The van der Waals surface area contributed by atoms with Gasteiger partial charge in [0, 0.05) is 24.4 Å². The van der Waals surface area contributed by atoms with E-state index in [1.165, 1.54) is 45.3 Å². The van der Waals surface area contributed by atoms with Gasteiger partial charge in [-0.05, 0) is 30.7 Å². The monoisotopic (exact) mass is 292 g/mol. The number of nitro groups is 1. The average Bonchev–Trinajstić information content (AvgIpc) is 2.52. The Hall–Kier alpha value is -1.78. The van der Waals surface area contributed by atoms with E-state index in [-0.39, 0.29) is 5.69 Å². The standard InChI is InChI=1S/C16H24N2O3/c1-3-12-4-6-13(7-5-12)11-17-14-8-9-15(18(19)20)16(10-14)21-2/h8-10,12-13,17H,3-7,11H2,1-2H3. The third kappa shape index (κ3) is 4.09. The van der Waals surface area contributed by atoms with Crippen LogP contribution in [0.3, 0.4) is 0 Å². The molecule has 116 valence electrons. The van der Waals surface area contributed by atoms with Crippen LogP contribution in [0.4, 0.5) is 11.4 Å². The van der Waals surface area contributed by atoms with Crippen LogP contribution in [0.1, 0.15) is 39.0 Å². The Kier molecular flexibility index (Phi) is 5.42. The first-order chi connectivity index (χ1) is 10.1. The van der Waals surface area contributed by atoms with E-state index in [1.807, 2.05) is 0 Å². The summed E-state index contributed by atoms with van der Waals surface area (Å²) in [5.74, 6) is 1.91. The van der Waals surface area contributed by atoms with Crippen molar-refractivity contribution in [2.75, 3.05) is 19.0 Å². The first-order valence-corrected chi connectivity index (χ1v) is 7.70. The minimum Gasteiger partial charge on any atom is -0.490 e. The second-order valence-electron chi connectivity index (χ2n) is 5.82. The van der Waals surface area contributed by atoms with Crippen LogP contribution < -0.4 is 10.1 Å². The first-order valence-electron chi connectivity index (χ1n) is 7.70. The van der Waals surface area contributed by atoms with Gasteiger partial charge in [0.2, 0.25) is 0 Å². The molecule has 0 atom stereocenters. The Morgan fingerprint density at radius 3 is 2.52 bits per heavy atom. The maximum absolute atomic E-state index is 10.9. The molecule has 1 N–H and O–H groups in total. The summed E-state index contributed by atoms with van der Waals surface area (Å²) in [5, 5.41) is 14.2. The second-order valence-corrected chi connectivity index (χ2v) is 5.82. The number of nitro benzene ring substituents is 1. The smallest absolute Gasteiger partial charge is 0.311 e. The van der Waals surface area contributed by atoms with Crippen LogP contribution in [0.15, 0.2) is 18.2 Å². The molecular formula is C16H24N2O3. The quantitative estimate of drug-likeness (QED) is 0.629. The van der Waals surface area contributed by atoms with Gasteiger partial charge >= 0.3 is 5.69 Å². The lowest BCUT2D eigenvalue weighted by Gasteiger charge is -2.28. The molecule has 0 saturated heterocycles. The number of methoxy groups -OCH3 is 1. The zero-order chi connectivity index (χ0) is 15.2. The SMILES string of the molecule is CCC1CCC(CNc2ccc([N+](=O)[O-])c(OC)c2)CC1. The highest BCUT2D eigenvalue weighted by Crippen LogP contribution is 2.32. The molecule has 0 spiro atoms. The van der Waals surface area contributed by atoms with Gasteiger partial charge in [-0.1, -0.05) is 26.2 Å². The average molecular weight is 292 g/mol. The third-order valence-corrected chi connectivity index (χ3v) is 4.51. The molecule has 0 heterocycles. The van der Waals surface area contributed by atoms with Crippen LogP contribution in [-0.4, -0.2) is 18.6 Å². The molecule has 0 radical (unpaired) electrons. The molecule has 1 aliphatic rings. The van der Waals surface area contributed by atoms with Crippen molar-refractivity contribution in [3.63, 3.8) is 0 Å². The van der Waals surface area contributed by atoms with Crippen molar-refractivity contribution >= 4 is 11.4 Å². The highest BCUT2D eigenvalue weighted by atomic mass is 16.6. The van der Waals surface area contributed by atoms with Crippen molar-refractivity contribution in [1.82, 2.24) is 0 Å². The maximum Gasteiger partial charge on any atom is 0.311 e. The molecule has 0 amide bonds. The Bertz CT molecular complexity index is 482. The van der Waals surface area contributed by atoms with Gasteiger partial charge in [0.1, 0.15) is 0 Å². The van der Waals surface area contributed by atoms with Crippen LogP contribution in [0.25, 0.3) is 0 Å². The summed E-state index contributed by atoms with van der Waals surface area (Å²) in [6, 6.07) is 4.95. The van der Waals surface area contributed by atoms with E-state index in [0.29, 0.717) is 11.7 Å². The number of nitrogens with zero attached hydrogens (tertiary/aromatic N) is 1. The van der Waals surface area contributed by atoms with E-state index in [1.54, 1.807) is 12.1 Å². The fourth-order valence-corrected chi connectivity index (χ4v) is 3.04. The van der Waals surface area contributed by atoms with Crippen molar-refractivity contribution < 1.29 is 9.66 Å². The van der Waals surface area contributed by atoms with Crippen LogP contribution >= 0.6 is 0 Å². The van der Waals surface area contributed by atoms with Gasteiger partial charge in [0.25, 0.3) is 0 Å². The molecule has 2 rings (SSSR count). The largest absolute Gasteiger partial charge is 0.490 e. The predicted octanol–water partition coefficient (Wildman–Crippen LogP) is 4.23. The number of nitrogens with one attached hydrogen (secondary N) is 1. The lowest BCUT2D eigenvalue weighted by atomic mass is 9.81. The van der Waals surface area contributed by atoms with Crippen LogP contribution in [-0.2, 0) is 0 Å². The summed E-state index contributed by atoms with van der Waals surface area (Å²) in [4.78, 5) is 10.4. The van der Waals surface area contributed by atoms with Gasteiger partial charge in [0.05, 0.1) is 12.0 Å². The second kappa shape index (κ2) is 7.29. The summed E-state index contributed by atoms with van der Waals surface area (Å²) < 4.78 is 5.09. The zero-order valence-electron chi connectivity index (χ0n) is 12.8. The van der Waals surface area contributed by atoms with Crippen molar-refractivity contribution in [2.24, 2.45) is 11.8 Å². The highest BCUT2D eigenvalue weighted by molar-refractivity contribution is 5.57. The molecule has 1 aliphatic carbocycles. The van der Waals surface area contributed by atoms with E-state index in [9.17, 15) is 10.1 Å². The van der Waals surface area contributed by atoms with Crippen molar-refractivity contribution in [1.29, 1.82) is 0 Å². The van der Waals surface area contributed by atoms with Crippen LogP contribution in [0, 0.1) is 22.0 Å². The maximum atomic E-state index is 10.9. The topological polar surface area (TPSA) is 64.4 Å². The van der Waals surface area contributed by atoms with Gasteiger partial charge in [0.15, 0.2) is 5.75 Å². The van der Waals surface area contributed by atoms with Crippen LogP contribution in [0.2, 0.25) is 0 Å². The molecule has 5 nitrogen and oxygen atoms in total. The van der Waals surface area contributed by atoms with E-state index < -0.39 is 4.92 Å². The Morgan fingerprint density at radius 2 is 1.95 bits per heavy atom.